The lowest BCUT2D eigenvalue weighted by Crippen LogP contribution is -2.42. The van der Waals surface area contributed by atoms with E-state index in [9.17, 15) is 14.4 Å². The lowest BCUT2D eigenvalue weighted by Gasteiger charge is -2.13. The van der Waals surface area contributed by atoms with Crippen molar-refractivity contribution in [1.29, 1.82) is 0 Å². The predicted molar refractivity (Wildman–Crippen MR) is 127 cm³/mol. The summed E-state index contributed by atoms with van der Waals surface area (Å²) in [6.07, 6.45) is 0.764. The number of nitrogens with one attached hydrogen (secondary N) is 2. The third kappa shape index (κ3) is 4.75. The summed E-state index contributed by atoms with van der Waals surface area (Å²) in [4.78, 5) is 37.7. The van der Waals surface area contributed by atoms with Crippen molar-refractivity contribution in [2.24, 2.45) is 0 Å². The minimum atomic E-state index is -0.620. The molecule has 2 aromatic carbocycles. The Kier molecular flexibility index (Phi) is 6.74. The van der Waals surface area contributed by atoms with E-state index in [2.05, 4.69) is 20.8 Å². The van der Waals surface area contributed by atoms with Crippen molar-refractivity contribution in [3.63, 3.8) is 0 Å². The third-order valence-electron chi connectivity index (χ3n) is 5.11. The normalized spacial score (nSPS) is 12.1. The number of rotatable bonds is 7. The quantitative estimate of drug-likeness (QED) is 0.407. The highest BCUT2D eigenvalue weighted by Gasteiger charge is 2.22. The molecular formula is C23H24N6O3S. The van der Waals surface area contributed by atoms with Crippen LogP contribution in [0.1, 0.15) is 25.8 Å². The molecular weight excluding hydrogens is 440 g/mol. The van der Waals surface area contributed by atoms with Crippen molar-refractivity contribution in [3.8, 4) is 0 Å². The number of thioether (sulfide) groups is 1. The zero-order valence-corrected chi connectivity index (χ0v) is 19.1. The van der Waals surface area contributed by atoms with Crippen molar-refractivity contribution < 1.29 is 9.59 Å². The van der Waals surface area contributed by atoms with Crippen LogP contribution in [0.4, 0.5) is 4.79 Å². The Morgan fingerprint density at radius 3 is 2.55 bits per heavy atom. The minimum Gasteiger partial charge on any atom is -0.334 e. The molecule has 4 rings (SSSR count). The zero-order chi connectivity index (χ0) is 23.4. The average molecular weight is 465 g/mol. The van der Waals surface area contributed by atoms with E-state index in [1.165, 1.54) is 11.8 Å². The Bertz CT molecular complexity index is 1370. The standard InChI is InChI=1S/C23H24N6O3S/c1-3-13-28-20(31)17-11-7-8-12-18(17)29-22(28)26-27-23(29)33-15(2)19(30)25-21(32)24-14-16-9-5-4-6-10-16/h4-12,15H,3,13-14H2,1-2H3,(H2,24,25,30,32). The van der Waals surface area contributed by atoms with Gasteiger partial charge >= 0.3 is 6.03 Å². The number of benzene rings is 2. The number of amides is 3. The van der Waals surface area contributed by atoms with Gasteiger partial charge in [-0.25, -0.2) is 4.79 Å². The molecule has 2 N–H and O–H groups in total. The summed E-state index contributed by atoms with van der Waals surface area (Å²) in [6.45, 7) is 4.50. The fraction of sp³-hybridized carbons (Fsp3) is 0.261. The first-order valence-corrected chi connectivity index (χ1v) is 11.5. The molecule has 0 aliphatic heterocycles. The fourth-order valence-corrected chi connectivity index (χ4v) is 4.34. The Morgan fingerprint density at radius 2 is 1.79 bits per heavy atom. The van der Waals surface area contributed by atoms with E-state index < -0.39 is 17.2 Å². The molecule has 0 saturated carbocycles. The Hall–Kier alpha value is -3.66. The number of hydrogen-bond donors (Lipinski definition) is 2. The molecule has 33 heavy (non-hydrogen) atoms. The molecule has 9 nitrogen and oxygen atoms in total. The van der Waals surface area contributed by atoms with Crippen LogP contribution in [-0.4, -0.2) is 36.4 Å². The number of carbonyl (C=O) groups is 2. The molecule has 2 aromatic heterocycles. The zero-order valence-electron chi connectivity index (χ0n) is 18.3. The molecule has 0 bridgehead atoms. The van der Waals surface area contributed by atoms with Crippen LogP contribution in [0.25, 0.3) is 16.7 Å². The van der Waals surface area contributed by atoms with Crippen LogP contribution in [0.15, 0.2) is 64.5 Å². The van der Waals surface area contributed by atoms with E-state index in [0.717, 1.165) is 12.0 Å². The van der Waals surface area contributed by atoms with Gasteiger partial charge in [0, 0.05) is 13.1 Å². The maximum Gasteiger partial charge on any atom is 0.321 e. The Morgan fingerprint density at radius 1 is 1.06 bits per heavy atom. The van der Waals surface area contributed by atoms with E-state index in [1.807, 2.05) is 55.5 Å². The summed E-state index contributed by atoms with van der Waals surface area (Å²) in [5, 5.41) is 13.9. The Labute approximate surface area is 194 Å². The van der Waals surface area contributed by atoms with Crippen LogP contribution in [0, 0.1) is 0 Å². The molecule has 0 saturated heterocycles. The molecule has 1 atom stereocenters. The summed E-state index contributed by atoms with van der Waals surface area (Å²) in [5.74, 6) is -0.0234. The molecule has 0 spiro atoms. The number of imide groups is 1. The second kappa shape index (κ2) is 9.86. The lowest BCUT2D eigenvalue weighted by atomic mass is 10.2. The predicted octanol–water partition coefficient (Wildman–Crippen LogP) is 2.96. The van der Waals surface area contributed by atoms with Crippen LogP contribution >= 0.6 is 11.8 Å². The molecule has 10 heteroatoms. The number of nitrogens with zero attached hydrogens (tertiary/aromatic N) is 4. The van der Waals surface area contributed by atoms with E-state index in [-0.39, 0.29) is 5.56 Å². The fourth-order valence-electron chi connectivity index (χ4n) is 3.48. The van der Waals surface area contributed by atoms with Gasteiger partial charge in [0.25, 0.3) is 5.56 Å². The number of aryl methyl sites for hydroxylation is 1. The van der Waals surface area contributed by atoms with Crippen LogP contribution in [0.2, 0.25) is 0 Å². The average Bonchev–Trinajstić information content (AvgIpc) is 3.24. The summed E-state index contributed by atoms with van der Waals surface area (Å²) in [6, 6.07) is 16.1. The number of urea groups is 1. The Balaban J connectivity index is 1.53. The molecule has 170 valence electrons. The number of para-hydroxylation sites is 1. The van der Waals surface area contributed by atoms with E-state index in [0.29, 0.717) is 34.9 Å². The van der Waals surface area contributed by atoms with E-state index >= 15 is 0 Å². The van der Waals surface area contributed by atoms with Crippen molar-refractivity contribution in [1.82, 2.24) is 29.8 Å². The van der Waals surface area contributed by atoms with E-state index in [1.54, 1.807) is 22.0 Å². The minimum absolute atomic E-state index is 0.121. The highest BCUT2D eigenvalue weighted by Crippen LogP contribution is 2.25. The van der Waals surface area contributed by atoms with Gasteiger partial charge in [-0.2, -0.15) is 0 Å². The number of carbonyl (C=O) groups excluding carboxylic acids is 2. The molecule has 0 fully saturated rings. The lowest BCUT2D eigenvalue weighted by molar-refractivity contribution is -0.119. The molecule has 4 aromatic rings. The largest absolute Gasteiger partial charge is 0.334 e. The van der Waals surface area contributed by atoms with Crippen LogP contribution < -0.4 is 16.2 Å². The first kappa shape index (κ1) is 22.5. The molecule has 2 heterocycles. The summed E-state index contributed by atoms with van der Waals surface area (Å²) < 4.78 is 3.39. The van der Waals surface area contributed by atoms with Gasteiger partial charge < -0.3 is 5.32 Å². The smallest absolute Gasteiger partial charge is 0.321 e. The van der Waals surface area contributed by atoms with E-state index in [4.69, 9.17) is 0 Å². The van der Waals surface area contributed by atoms with Crippen molar-refractivity contribution >= 4 is 40.4 Å². The summed E-state index contributed by atoms with van der Waals surface area (Å²) in [5.41, 5.74) is 1.48. The molecule has 0 radical (unpaired) electrons. The SMILES string of the molecule is CCCn1c(=O)c2ccccc2n2c(SC(C)C(=O)NC(=O)NCc3ccccc3)nnc12. The van der Waals surface area contributed by atoms with Crippen molar-refractivity contribution in [2.75, 3.05) is 0 Å². The van der Waals surface area contributed by atoms with Crippen molar-refractivity contribution in [2.45, 2.75) is 43.8 Å². The topological polar surface area (TPSA) is 110 Å². The van der Waals surface area contributed by atoms with Crippen molar-refractivity contribution in [3.05, 3.63) is 70.5 Å². The van der Waals surface area contributed by atoms with Crippen LogP contribution in [0.3, 0.4) is 0 Å². The van der Waals surface area contributed by atoms with Gasteiger partial charge in [0.05, 0.1) is 16.2 Å². The van der Waals surface area contributed by atoms with Gasteiger partial charge in [0.1, 0.15) is 0 Å². The van der Waals surface area contributed by atoms with Gasteiger partial charge in [-0.1, -0.05) is 61.2 Å². The summed E-state index contributed by atoms with van der Waals surface area (Å²) in [7, 11) is 0. The number of hydrogen-bond acceptors (Lipinski definition) is 6. The molecule has 0 aliphatic rings. The number of aromatic nitrogens is 4. The second-order valence-electron chi connectivity index (χ2n) is 7.51. The van der Waals surface area contributed by atoms with Gasteiger partial charge in [0.15, 0.2) is 5.16 Å². The highest BCUT2D eigenvalue weighted by atomic mass is 32.2. The third-order valence-corrected chi connectivity index (χ3v) is 6.15. The van der Waals surface area contributed by atoms with Gasteiger partial charge in [-0.15, -0.1) is 10.2 Å². The molecule has 1 unspecified atom stereocenters. The maximum atomic E-state index is 12.9. The maximum absolute atomic E-state index is 12.9. The second-order valence-corrected chi connectivity index (χ2v) is 8.82. The van der Waals surface area contributed by atoms with Gasteiger partial charge in [0.2, 0.25) is 11.7 Å². The first-order valence-electron chi connectivity index (χ1n) is 10.7. The molecule has 0 aliphatic carbocycles. The summed E-state index contributed by atoms with van der Waals surface area (Å²) >= 11 is 1.17. The monoisotopic (exact) mass is 464 g/mol. The van der Waals surface area contributed by atoms with Gasteiger partial charge in [-0.3, -0.25) is 23.9 Å². The van der Waals surface area contributed by atoms with Crippen LogP contribution in [-0.2, 0) is 17.9 Å². The highest BCUT2D eigenvalue weighted by molar-refractivity contribution is 8.00. The van der Waals surface area contributed by atoms with Crippen LogP contribution in [0.5, 0.6) is 0 Å². The molecule has 3 amide bonds. The van der Waals surface area contributed by atoms with Gasteiger partial charge in [-0.05, 0) is 31.0 Å². The first-order chi connectivity index (χ1) is 16.0. The number of fused-ring (bicyclic) bond motifs is 3.